The smallest absolute Gasteiger partial charge is 0.225 e. The molecule has 0 amide bonds. The van der Waals surface area contributed by atoms with Crippen molar-refractivity contribution in [2.24, 2.45) is 7.05 Å². The zero-order valence-electron chi connectivity index (χ0n) is 13.6. The Labute approximate surface area is 140 Å². The minimum absolute atomic E-state index is 0.452. The van der Waals surface area contributed by atoms with Gasteiger partial charge in [0.25, 0.3) is 0 Å². The van der Waals surface area contributed by atoms with Crippen LogP contribution < -0.4 is 4.90 Å². The molecule has 7 nitrogen and oxygen atoms in total. The molecule has 122 valence electrons. The lowest BCUT2D eigenvalue weighted by atomic mass is 9.96. The van der Waals surface area contributed by atoms with Gasteiger partial charge in [-0.05, 0) is 31.0 Å². The molecule has 3 aromatic heterocycles. The lowest BCUT2D eigenvalue weighted by Crippen LogP contribution is -2.34. The molecule has 0 bridgehead atoms. The second-order valence-electron chi connectivity index (χ2n) is 6.02. The second kappa shape index (κ2) is 6.35. The van der Waals surface area contributed by atoms with Crippen LogP contribution in [-0.2, 0) is 7.05 Å². The Kier molecular flexibility index (Phi) is 3.90. The predicted octanol–water partition coefficient (Wildman–Crippen LogP) is 2.05. The molecule has 0 aromatic carbocycles. The molecule has 0 spiro atoms. The SMILES string of the molecule is Cn1cnnc1C1CCN(c2nccc(-c3ccccn3)n2)CC1. The first-order valence-corrected chi connectivity index (χ1v) is 8.14. The summed E-state index contributed by atoms with van der Waals surface area (Å²) in [6.45, 7) is 1.84. The van der Waals surface area contributed by atoms with Gasteiger partial charge < -0.3 is 9.47 Å². The summed E-state index contributed by atoms with van der Waals surface area (Å²) >= 11 is 0. The van der Waals surface area contributed by atoms with Crippen molar-refractivity contribution in [2.45, 2.75) is 18.8 Å². The fourth-order valence-corrected chi connectivity index (χ4v) is 3.16. The topological polar surface area (TPSA) is 72.6 Å². The number of piperidine rings is 1. The largest absolute Gasteiger partial charge is 0.341 e. The number of anilines is 1. The third-order valence-electron chi connectivity index (χ3n) is 4.46. The van der Waals surface area contributed by atoms with Gasteiger partial charge in [0.15, 0.2) is 0 Å². The Balaban J connectivity index is 1.49. The lowest BCUT2D eigenvalue weighted by Gasteiger charge is -2.31. The van der Waals surface area contributed by atoms with Crippen LogP contribution in [0.4, 0.5) is 5.95 Å². The maximum Gasteiger partial charge on any atom is 0.225 e. The molecule has 1 saturated heterocycles. The fraction of sp³-hybridized carbons (Fsp3) is 0.353. The minimum Gasteiger partial charge on any atom is -0.341 e. The zero-order chi connectivity index (χ0) is 16.4. The van der Waals surface area contributed by atoms with E-state index in [1.165, 1.54) is 0 Å². The zero-order valence-corrected chi connectivity index (χ0v) is 13.6. The average Bonchev–Trinajstić information content (AvgIpc) is 3.09. The molecule has 0 atom stereocenters. The molecule has 0 aliphatic carbocycles. The monoisotopic (exact) mass is 321 g/mol. The maximum atomic E-state index is 4.69. The molecule has 0 N–H and O–H groups in total. The van der Waals surface area contributed by atoms with Crippen LogP contribution in [0, 0.1) is 0 Å². The summed E-state index contributed by atoms with van der Waals surface area (Å²) in [5.41, 5.74) is 1.73. The summed E-state index contributed by atoms with van der Waals surface area (Å²) in [7, 11) is 2.00. The maximum absolute atomic E-state index is 4.69. The van der Waals surface area contributed by atoms with Crippen molar-refractivity contribution in [1.82, 2.24) is 29.7 Å². The first kappa shape index (κ1) is 14.7. The number of hydrogen-bond acceptors (Lipinski definition) is 6. The number of pyridine rings is 1. The molecule has 4 rings (SSSR count). The van der Waals surface area contributed by atoms with E-state index >= 15 is 0 Å². The molecule has 1 aliphatic heterocycles. The van der Waals surface area contributed by atoms with Gasteiger partial charge in [-0.2, -0.15) is 0 Å². The van der Waals surface area contributed by atoms with Crippen LogP contribution in [0.15, 0.2) is 43.0 Å². The van der Waals surface area contributed by atoms with E-state index in [-0.39, 0.29) is 0 Å². The van der Waals surface area contributed by atoms with Gasteiger partial charge in [-0.15, -0.1) is 10.2 Å². The van der Waals surface area contributed by atoms with Gasteiger partial charge in [-0.3, -0.25) is 4.98 Å². The fourth-order valence-electron chi connectivity index (χ4n) is 3.16. The van der Waals surface area contributed by atoms with E-state index in [1.807, 2.05) is 35.9 Å². The molecular weight excluding hydrogens is 302 g/mol. The third-order valence-corrected chi connectivity index (χ3v) is 4.46. The molecule has 3 aromatic rings. The molecule has 7 heteroatoms. The van der Waals surface area contributed by atoms with Crippen LogP contribution >= 0.6 is 0 Å². The number of rotatable bonds is 3. The number of nitrogens with zero attached hydrogens (tertiary/aromatic N) is 7. The van der Waals surface area contributed by atoms with Crippen LogP contribution in [0.25, 0.3) is 11.4 Å². The Morgan fingerprint density at radius 3 is 2.58 bits per heavy atom. The minimum atomic E-state index is 0.452. The number of hydrogen-bond donors (Lipinski definition) is 0. The van der Waals surface area contributed by atoms with Crippen LogP contribution in [0.2, 0.25) is 0 Å². The van der Waals surface area contributed by atoms with Crippen molar-refractivity contribution < 1.29 is 0 Å². The van der Waals surface area contributed by atoms with E-state index in [9.17, 15) is 0 Å². The van der Waals surface area contributed by atoms with Crippen molar-refractivity contribution in [3.63, 3.8) is 0 Å². The Morgan fingerprint density at radius 2 is 1.88 bits per heavy atom. The van der Waals surface area contributed by atoms with Gasteiger partial charge in [-0.25, -0.2) is 9.97 Å². The van der Waals surface area contributed by atoms with Gasteiger partial charge in [-0.1, -0.05) is 6.07 Å². The van der Waals surface area contributed by atoms with Crippen molar-refractivity contribution in [1.29, 1.82) is 0 Å². The first-order valence-electron chi connectivity index (χ1n) is 8.14. The van der Waals surface area contributed by atoms with Gasteiger partial charge in [0.1, 0.15) is 12.2 Å². The van der Waals surface area contributed by atoms with Gasteiger partial charge in [0, 0.05) is 38.4 Å². The first-order chi connectivity index (χ1) is 11.8. The summed E-state index contributed by atoms with van der Waals surface area (Å²) in [5.74, 6) is 2.29. The molecule has 0 radical (unpaired) electrons. The Morgan fingerprint density at radius 1 is 1.00 bits per heavy atom. The summed E-state index contributed by atoms with van der Waals surface area (Å²) in [5, 5.41) is 8.23. The standard InChI is InChI=1S/C17H19N7/c1-23-12-20-22-16(23)13-6-10-24(11-7-13)17-19-9-5-15(21-17)14-4-2-3-8-18-14/h2-5,8-9,12-13H,6-7,10-11H2,1H3. The lowest BCUT2D eigenvalue weighted by molar-refractivity contribution is 0.469. The van der Waals surface area contributed by atoms with Crippen LogP contribution in [-0.4, -0.2) is 42.8 Å². The third kappa shape index (κ3) is 2.84. The molecule has 1 fully saturated rings. The Hall–Kier alpha value is -2.83. The average molecular weight is 321 g/mol. The van der Waals surface area contributed by atoms with Gasteiger partial charge in [0.2, 0.25) is 5.95 Å². The van der Waals surface area contributed by atoms with E-state index in [4.69, 9.17) is 4.98 Å². The van der Waals surface area contributed by atoms with Crippen molar-refractivity contribution in [3.8, 4) is 11.4 Å². The van der Waals surface area contributed by atoms with E-state index in [2.05, 4.69) is 25.1 Å². The Bertz CT molecular complexity index is 807. The highest BCUT2D eigenvalue weighted by Gasteiger charge is 2.25. The van der Waals surface area contributed by atoms with E-state index in [0.29, 0.717) is 5.92 Å². The summed E-state index contributed by atoms with van der Waals surface area (Å²) in [4.78, 5) is 15.7. The molecule has 24 heavy (non-hydrogen) atoms. The summed E-state index contributed by atoms with van der Waals surface area (Å²) in [6.07, 6.45) is 7.42. The van der Waals surface area contributed by atoms with Crippen LogP contribution in [0.1, 0.15) is 24.6 Å². The van der Waals surface area contributed by atoms with Gasteiger partial charge in [0.05, 0.1) is 11.4 Å². The molecule has 4 heterocycles. The van der Waals surface area contributed by atoms with Crippen LogP contribution in [0.3, 0.4) is 0 Å². The highest BCUT2D eigenvalue weighted by atomic mass is 15.3. The normalized spacial score (nSPS) is 15.6. The number of aromatic nitrogens is 6. The van der Waals surface area contributed by atoms with E-state index < -0.39 is 0 Å². The predicted molar refractivity (Wildman–Crippen MR) is 90.5 cm³/mol. The van der Waals surface area contributed by atoms with E-state index in [0.717, 1.165) is 49.1 Å². The quantitative estimate of drug-likeness (QED) is 0.735. The van der Waals surface area contributed by atoms with Crippen LogP contribution in [0.5, 0.6) is 0 Å². The van der Waals surface area contributed by atoms with E-state index in [1.54, 1.807) is 18.7 Å². The molecule has 0 saturated carbocycles. The molecule has 0 unspecified atom stereocenters. The van der Waals surface area contributed by atoms with Crippen molar-refractivity contribution >= 4 is 5.95 Å². The summed E-state index contributed by atoms with van der Waals surface area (Å²) in [6, 6.07) is 7.74. The summed E-state index contributed by atoms with van der Waals surface area (Å²) < 4.78 is 2.01. The van der Waals surface area contributed by atoms with Gasteiger partial charge >= 0.3 is 0 Å². The molecular formula is C17H19N7. The highest BCUT2D eigenvalue weighted by Crippen LogP contribution is 2.28. The van der Waals surface area contributed by atoms with Crippen molar-refractivity contribution in [3.05, 3.63) is 48.8 Å². The number of aryl methyl sites for hydroxylation is 1. The van der Waals surface area contributed by atoms with Crippen molar-refractivity contribution in [2.75, 3.05) is 18.0 Å². The highest BCUT2D eigenvalue weighted by molar-refractivity contribution is 5.55. The second-order valence-corrected chi connectivity index (χ2v) is 6.02. The molecule has 1 aliphatic rings.